The van der Waals surface area contributed by atoms with Gasteiger partial charge in [0.15, 0.2) is 15.6 Å². The first-order chi connectivity index (χ1) is 9.71. The SMILES string of the molecule is CC(C)Oc1c(N2CCS(=O)(=O)CC2)sc(C(N)=O)c1N. The molecule has 21 heavy (non-hydrogen) atoms. The van der Waals surface area contributed by atoms with Crippen LogP contribution >= 0.6 is 11.3 Å². The lowest BCUT2D eigenvalue weighted by Crippen LogP contribution is -2.40. The van der Waals surface area contributed by atoms with Gasteiger partial charge in [-0.2, -0.15) is 0 Å². The van der Waals surface area contributed by atoms with E-state index in [1.165, 1.54) is 0 Å². The number of nitrogens with two attached hydrogens (primary N) is 2. The van der Waals surface area contributed by atoms with Crippen LogP contribution in [-0.4, -0.2) is 45.0 Å². The van der Waals surface area contributed by atoms with Crippen molar-refractivity contribution in [3.63, 3.8) is 0 Å². The zero-order chi connectivity index (χ0) is 15.8. The monoisotopic (exact) mass is 333 g/mol. The number of sulfone groups is 1. The summed E-state index contributed by atoms with van der Waals surface area (Å²) in [7, 11) is -2.98. The van der Waals surface area contributed by atoms with Crippen LogP contribution in [0.2, 0.25) is 0 Å². The number of primary amides is 1. The van der Waals surface area contributed by atoms with E-state index in [1.54, 1.807) is 0 Å². The molecule has 1 aromatic heterocycles. The smallest absolute Gasteiger partial charge is 0.261 e. The molecule has 4 N–H and O–H groups in total. The summed E-state index contributed by atoms with van der Waals surface area (Å²) in [4.78, 5) is 13.6. The molecular formula is C12H19N3O4S2. The minimum Gasteiger partial charge on any atom is -0.486 e. The van der Waals surface area contributed by atoms with Gasteiger partial charge in [-0.1, -0.05) is 0 Å². The van der Waals surface area contributed by atoms with Crippen molar-refractivity contribution in [2.24, 2.45) is 5.73 Å². The molecule has 2 rings (SSSR count). The van der Waals surface area contributed by atoms with E-state index in [-0.39, 0.29) is 28.2 Å². The Hall–Kier alpha value is -1.48. The molecule has 1 aliphatic rings. The summed E-state index contributed by atoms with van der Waals surface area (Å²) in [6.07, 6.45) is -0.116. The van der Waals surface area contributed by atoms with Crippen molar-refractivity contribution in [2.75, 3.05) is 35.2 Å². The van der Waals surface area contributed by atoms with E-state index < -0.39 is 15.7 Å². The van der Waals surface area contributed by atoms with Crippen molar-refractivity contribution in [1.82, 2.24) is 0 Å². The zero-order valence-electron chi connectivity index (χ0n) is 12.0. The standard InChI is InChI=1S/C12H19N3O4S2/c1-7(2)19-9-8(13)10(11(14)16)20-12(9)15-3-5-21(17,18)6-4-15/h7H,3-6,13H2,1-2H3,(H2,14,16). The largest absolute Gasteiger partial charge is 0.486 e. The molecule has 118 valence electrons. The summed E-state index contributed by atoms with van der Waals surface area (Å²) in [5, 5.41) is 0.671. The summed E-state index contributed by atoms with van der Waals surface area (Å²) in [5.74, 6) is -0.0274. The minimum atomic E-state index is -2.98. The predicted molar refractivity (Wildman–Crippen MR) is 83.9 cm³/mol. The molecule has 0 aromatic carbocycles. The van der Waals surface area contributed by atoms with E-state index in [4.69, 9.17) is 16.2 Å². The molecule has 0 spiro atoms. The molecule has 9 heteroatoms. The Morgan fingerprint density at radius 1 is 1.33 bits per heavy atom. The van der Waals surface area contributed by atoms with Crippen molar-refractivity contribution in [2.45, 2.75) is 20.0 Å². The van der Waals surface area contributed by atoms with E-state index in [2.05, 4.69) is 0 Å². The number of nitrogens with zero attached hydrogens (tertiary/aromatic N) is 1. The summed E-state index contributed by atoms with van der Waals surface area (Å²) < 4.78 is 28.7. The number of ether oxygens (including phenoxy) is 1. The first-order valence-corrected chi connectivity index (χ1v) is 9.19. The van der Waals surface area contributed by atoms with Gasteiger partial charge in [0.05, 0.1) is 17.6 Å². The second-order valence-corrected chi connectivity index (χ2v) is 8.45. The van der Waals surface area contributed by atoms with Gasteiger partial charge in [0, 0.05) is 13.1 Å². The highest BCUT2D eigenvalue weighted by Crippen LogP contribution is 2.45. The number of nitrogen functional groups attached to an aromatic ring is 1. The van der Waals surface area contributed by atoms with Gasteiger partial charge in [0.25, 0.3) is 5.91 Å². The molecule has 0 aliphatic carbocycles. The highest BCUT2D eigenvalue weighted by atomic mass is 32.2. The first kappa shape index (κ1) is 15.9. The van der Waals surface area contributed by atoms with Crippen molar-refractivity contribution in [1.29, 1.82) is 0 Å². The number of carbonyl (C=O) groups is 1. The van der Waals surface area contributed by atoms with Crippen LogP contribution in [-0.2, 0) is 9.84 Å². The fourth-order valence-corrected chi connectivity index (χ4v) is 4.33. The fraction of sp³-hybridized carbons (Fsp3) is 0.583. The first-order valence-electron chi connectivity index (χ1n) is 6.55. The Labute approximate surface area is 127 Å². The van der Waals surface area contributed by atoms with Crippen molar-refractivity contribution in [3.05, 3.63) is 4.88 Å². The summed E-state index contributed by atoms with van der Waals surface area (Å²) in [6.45, 7) is 4.42. The van der Waals surface area contributed by atoms with Gasteiger partial charge in [-0.15, -0.1) is 11.3 Å². The van der Waals surface area contributed by atoms with Crippen LogP contribution < -0.4 is 21.1 Å². The lowest BCUT2D eigenvalue weighted by atomic mass is 10.3. The third kappa shape index (κ3) is 3.41. The second-order valence-electron chi connectivity index (χ2n) is 5.15. The maximum atomic E-state index is 11.5. The van der Waals surface area contributed by atoms with E-state index in [9.17, 15) is 13.2 Å². The third-order valence-corrected chi connectivity index (χ3v) is 5.96. The lowest BCUT2D eigenvalue weighted by Gasteiger charge is -2.28. The maximum absolute atomic E-state index is 11.5. The molecule has 0 bridgehead atoms. The van der Waals surface area contributed by atoms with Crippen LogP contribution in [0.5, 0.6) is 5.75 Å². The minimum absolute atomic E-state index is 0.0812. The Balaban J connectivity index is 2.38. The quantitative estimate of drug-likeness (QED) is 0.826. The topological polar surface area (TPSA) is 116 Å². The van der Waals surface area contributed by atoms with E-state index in [1.807, 2.05) is 18.7 Å². The van der Waals surface area contributed by atoms with Gasteiger partial charge in [0.2, 0.25) is 0 Å². The molecule has 2 heterocycles. The number of hydrogen-bond donors (Lipinski definition) is 2. The number of hydrogen-bond acceptors (Lipinski definition) is 7. The zero-order valence-corrected chi connectivity index (χ0v) is 13.6. The summed E-state index contributed by atoms with van der Waals surface area (Å²) in [5.41, 5.74) is 11.5. The Bertz CT molecular complexity index is 638. The van der Waals surface area contributed by atoms with Crippen LogP contribution in [0.3, 0.4) is 0 Å². The van der Waals surface area contributed by atoms with Gasteiger partial charge >= 0.3 is 0 Å². The van der Waals surface area contributed by atoms with Crippen LogP contribution in [0, 0.1) is 0 Å². The highest BCUT2D eigenvalue weighted by molar-refractivity contribution is 7.91. The van der Waals surface area contributed by atoms with Gasteiger partial charge in [-0.25, -0.2) is 8.42 Å². The third-order valence-electron chi connectivity index (χ3n) is 3.09. The number of thiophene rings is 1. The summed E-state index contributed by atoms with van der Waals surface area (Å²) in [6, 6.07) is 0. The lowest BCUT2D eigenvalue weighted by molar-refractivity contribution is 0.100. The average molecular weight is 333 g/mol. The van der Waals surface area contributed by atoms with Crippen LogP contribution in [0.25, 0.3) is 0 Å². The van der Waals surface area contributed by atoms with Gasteiger partial charge < -0.3 is 21.1 Å². The Kier molecular flexibility index (Phi) is 4.33. The van der Waals surface area contributed by atoms with Crippen LogP contribution in [0.4, 0.5) is 10.7 Å². The maximum Gasteiger partial charge on any atom is 0.261 e. The van der Waals surface area contributed by atoms with Crippen LogP contribution in [0.15, 0.2) is 0 Å². The molecule has 7 nitrogen and oxygen atoms in total. The number of anilines is 2. The molecule has 0 unspecified atom stereocenters. The van der Waals surface area contributed by atoms with E-state index in [0.717, 1.165) is 11.3 Å². The molecule has 1 saturated heterocycles. The highest BCUT2D eigenvalue weighted by Gasteiger charge is 2.29. The second kappa shape index (κ2) is 5.72. The number of amides is 1. The molecule has 0 radical (unpaired) electrons. The Morgan fingerprint density at radius 3 is 2.38 bits per heavy atom. The molecule has 0 saturated carbocycles. The molecule has 1 amide bonds. The van der Waals surface area contributed by atoms with Crippen molar-refractivity contribution >= 4 is 37.8 Å². The van der Waals surface area contributed by atoms with Crippen molar-refractivity contribution < 1.29 is 17.9 Å². The van der Waals surface area contributed by atoms with Crippen LogP contribution in [0.1, 0.15) is 23.5 Å². The van der Waals surface area contributed by atoms with E-state index >= 15 is 0 Å². The van der Waals surface area contributed by atoms with Gasteiger partial charge in [-0.05, 0) is 13.8 Å². The molecule has 1 aliphatic heterocycles. The molecular weight excluding hydrogens is 314 g/mol. The van der Waals surface area contributed by atoms with Gasteiger partial charge in [0.1, 0.15) is 15.6 Å². The number of carbonyl (C=O) groups excluding carboxylic acids is 1. The molecule has 0 atom stereocenters. The molecule has 1 fully saturated rings. The van der Waals surface area contributed by atoms with Gasteiger partial charge in [-0.3, -0.25) is 4.79 Å². The van der Waals surface area contributed by atoms with E-state index in [0.29, 0.717) is 23.8 Å². The molecule has 1 aromatic rings. The number of rotatable bonds is 4. The Morgan fingerprint density at radius 2 is 1.90 bits per heavy atom. The predicted octanol–water partition coefficient (Wildman–Crippen LogP) is 0.451. The normalized spacial score (nSPS) is 18.0. The fourth-order valence-electron chi connectivity index (χ4n) is 2.07. The summed E-state index contributed by atoms with van der Waals surface area (Å²) >= 11 is 1.15. The van der Waals surface area contributed by atoms with Crippen molar-refractivity contribution in [3.8, 4) is 5.75 Å². The average Bonchev–Trinajstić information content (AvgIpc) is 2.67.